The van der Waals surface area contributed by atoms with E-state index in [1.54, 1.807) is 7.11 Å². The summed E-state index contributed by atoms with van der Waals surface area (Å²) in [5.74, 6) is 0.934. The van der Waals surface area contributed by atoms with Gasteiger partial charge in [-0.25, -0.2) is 8.42 Å². The zero-order valence-electron chi connectivity index (χ0n) is 9.86. The summed E-state index contributed by atoms with van der Waals surface area (Å²) < 4.78 is 28.1. The maximum atomic E-state index is 11.0. The third-order valence-corrected chi connectivity index (χ3v) is 3.69. The monoisotopic (exact) mass is 321 g/mol. The second-order valence-corrected chi connectivity index (χ2v) is 6.93. The minimum atomic E-state index is -2.88. The zero-order valence-corrected chi connectivity index (χ0v) is 12.3. The molecular formula is C11H16BrNO3S. The molecule has 6 heteroatoms. The summed E-state index contributed by atoms with van der Waals surface area (Å²) in [7, 11) is -1.28. The van der Waals surface area contributed by atoms with Crippen LogP contribution >= 0.6 is 15.9 Å². The third-order valence-electron chi connectivity index (χ3n) is 2.17. The van der Waals surface area contributed by atoms with Gasteiger partial charge in [0.05, 0.1) is 18.6 Å². The minimum Gasteiger partial charge on any atom is -0.495 e. The summed E-state index contributed by atoms with van der Waals surface area (Å²) in [5, 5.41) is 3.16. The number of ether oxygens (including phenoxy) is 1. The minimum absolute atomic E-state index is 0.191. The van der Waals surface area contributed by atoms with E-state index in [1.165, 1.54) is 6.26 Å². The summed E-state index contributed by atoms with van der Waals surface area (Å²) in [5.41, 5.74) is 0.857. The fourth-order valence-electron chi connectivity index (χ4n) is 1.38. The lowest BCUT2D eigenvalue weighted by molar-refractivity contribution is 0.416. The molecule has 0 aliphatic heterocycles. The number of halogens is 1. The lowest BCUT2D eigenvalue weighted by Gasteiger charge is -2.11. The Bertz CT molecular complexity index is 474. The number of anilines is 1. The van der Waals surface area contributed by atoms with E-state index in [4.69, 9.17) is 4.74 Å². The maximum Gasteiger partial charge on any atom is 0.147 e. The quantitative estimate of drug-likeness (QED) is 0.817. The molecule has 0 aliphatic carbocycles. The van der Waals surface area contributed by atoms with Gasteiger partial charge in [-0.1, -0.05) is 15.9 Å². The lowest BCUT2D eigenvalue weighted by atomic mass is 10.3. The first-order valence-electron chi connectivity index (χ1n) is 5.17. The normalized spacial score (nSPS) is 11.2. The molecule has 0 heterocycles. The predicted octanol–water partition coefficient (Wildman–Crippen LogP) is 2.30. The molecule has 0 atom stereocenters. The van der Waals surface area contributed by atoms with Crippen molar-refractivity contribution in [1.29, 1.82) is 0 Å². The van der Waals surface area contributed by atoms with Gasteiger partial charge in [0.25, 0.3) is 0 Å². The highest BCUT2D eigenvalue weighted by atomic mass is 79.9. The fourth-order valence-corrected chi connectivity index (χ4v) is 2.41. The third kappa shape index (κ3) is 5.41. The van der Waals surface area contributed by atoms with Crippen LogP contribution in [-0.2, 0) is 9.84 Å². The Labute approximate surface area is 110 Å². The molecule has 0 aliphatic rings. The van der Waals surface area contributed by atoms with E-state index in [-0.39, 0.29) is 5.75 Å². The number of methoxy groups -OCH3 is 1. The highest BCUT2D eigenvalue weighted by Crippen LogP contribution is 2.27. The molecule has 96 valence electrons. The number of rotatable bonds is 6. The van der Waals surface area contributed by atoms with Gasteiger partial charge >= 0.3 is 0 Å². The average Bonchev–Trinajstić information content (AvgIpc) is 2.23. The molecule has 0 radical (unpaired) electrons. The van der Waals surface area contributed by atoms with Crippen LogP contribution in [0.1, 0.15) is 6.42 Å². The molecule has 4 nitrogen and oxygen atoms in total. The Morgan fingerprint density at radius 1 is 1.41 bits per heavy atom. The van der Waals surface area contributed by atoms with Gasteiger partial charge in [0, 0.05) is 17.3 Å². The van der Waals surface area contributed by atoms with E-state index in [2.05, 4.69) is 21.2 Å². The summed E-state index contributed by atoms with van der Waals surface area (Å²) in [4.78, 5) is 0. The molecule has 1 aromatic carbocycles. The first kappa shape index (κ1) is 14.3. The molecule has 17 heavy (non-hydrogen) atoms. The predicted molar refractivity (Wildman–Crippen MR) is 73.5 cm³/mol. The van der Waals surface area contributed by atoms with Crippen molar-refractivity contribution >= 4 is 31.5 Å². The molecule has 0 aromatic heterocycles. The Hall–Kier alpha value is -0.750. The highest BCUT2D eigenvalue weighted by Gasteiger charge is 2.04. The summed E-state index contributed by atoms with van der Waals surface area (Å²) in [6, 6.07) is 5.64. The second kappa shape index (κ2) is 6.26. The molecule has 0 amide bonds. The first-order valence-corrected chi connectivity index (χ1v) is 8.03. The van der Waals surface area contributed by atoms with Gasteiger partial charge in [0.2, 0.25) is 0 Å². The van der Waals surface area contributed by atoms with E-state index in [1.807, 2.05) is 18.2 Å². The number of sulfone groups is 1. The van der Waals surface area contributed by atoms with E-state index in [9.17, 15) is 8.42 Å². The topological polar surface area (TPSA) is 55.4 Å². The molecule has 1 rings (SSSR count). The van der Waals surface area contributed by atoms with Gasteiger partial charge in [-0.2, -0.15) is 0 Å². The smallest absolute Gasteiger partial charge is 0.147 e. The number of hydrogen-bond donors (Lipinski definition) is 1. The van der Waals surface area contributed by atoms with Crippen LogP contribution in [0.3, 0.4) is 0 Å². The Kier molecular flexibility index (Phi) is 5.27. The van der Waals surface area contributed by atoms with Crippen molar-refractivity contribution in [2.24, 2.45) is 0 Å². The molecule has 0 unspecified atom stereocenters. The Balaban J connectivity index is 2.54. The van der Waals surface area contributed by atoms with Crippen molar-refractivity contribution in [3.05, 3.63) is 22.7 Å². The summed E-state index contributed by atoms with van der Waals surface area (Å²) in [6.45, 7) is 0.597. The molecule has 1 aromatic rings. The van der Waals surface area contributed by atoms with Crippen molar-refractivity contribution < 1.29 is 13.2 Å². The molecule has 0 saturated carbocycles. The molecule has 0 saturated heterocycles. The zero-order chi connectivity index (χ0) is 12.9. The van der Waals surface area contributed by atoms with Gasteiger partial charge < -0.3 is 10.1 Å². The van der Waals surface area contributed by atoms with Crippen molar-refractivity contribution in [3.8, 4) is 5.75 Å². The van der Waals surface area contributed by atoms with E-state index >= 15 is 0 Å². The molecule has 1 N–H and O–H groups in total. The van der Waals surface area contributed by atoms with Crippen molar-refractivity contribution in [3.63, 3.8) is 0 Å². The van der Waals surface area contributed by atoms with Gasteiger partial charge in [-0.15, -0.1) is 0 Å². The number of benzene rings is 1. The van der Waals surface area contributed by atoms with Gasteiger partial charge in [-0.05, 0) is 24.6 Å². The summed E-state index contributed by atoms with van der Waals surface area (Å²) in [6.07, 6.45) is 1.82. The lowest BCUT2D eigenvalue weighted by Crippen LogP contribution is -2.10. The van der Waals surface area contributed by atoms with Crippen LogP contribution < -0.4 is 10.1 Å². The van der Waals surface area contributed by atoms with Crippen molar-refractivity contribution in [2.45, 2.75) is 6.42 Å². The fraction of sp³-hybridized carbons (Fsp3) is 0.455. The highest BCUT2D eigenvalue weighted by molar-refractivity contribution is 9.10. The number of hydrogen-bond acceptors (Lipinski definition) is 4. The van der Waals surface area contributed by atoms with Crippen molar-refractivity contribution in [2.75, 3.05) is 31.0 Å². The van der Waals surface area contributed by atoms with Crippen LogP contribution in [0.2, 0.25) is 0 Å². The summed E-state index contributed by atoms with van der Waals surface area (Å²) >= 11 is 3.37. The van der Waals surface area contributed by atoms with E-state index < -0.39 is 9.84 Å². The maximum absolute atomic E-state index is 11.0. The standard InChI is InChI=1S/C11H16BrNO3S/c1-16-11-5-4-9(12)8-10(11)13-6-3-7-17(2,14)15/h4-5,8,13H,3,6-7H2,1-2H3. The van der Waals surface area contributed by atoms with Crippen LogP contribution in [0.4, 0.5) is 5.69 Å². The Morgan fingerprint density at radius 3 is 2.71 bits per heavy atom. The van der Waals surface area contributed by atoms with Crippen molar-refractivity contribution in [1.82, 2.24) is 0 Å². The van der Waals surface area contributed by atoms with E-state index in [0.717, 1.165) is 15.9 Å². The first-order chi connectivity index (χ1) is 7.92. The molecule has 0 spiro atoms. The Morgan fingerprint density at radius 2 is 2.12 bits per heavy atom. The van der Waals surface area contributed by atoms with Crippen LogP contribution in [0, 0.1) is 0 Å². The van der Waals surface area contributed by atoms with Crippen LogP contribution in [0.15, 0.2) is 22.7 Å². The van der Waals surface area contributed by atoms with Gasteiger partial charge in [0.15, 0.2) is 0 Å². The SMILES string of the molecule is COc1ccc(Br)cc1NCCCS(C)(=O)=O. The van der Waals surface area contributed by atoms with Gasteiger partial charge in [0.1, 0.15) is 15.6 Å². The molecular weight excluding hydrogens is 306 g/mol. The van der Waals surface area contributed by atoms with E-state index in [0.29, 0.717) is 13.0 Å². The molecule has 0 bridgehead atoms. The average molecular weight is 322 g/mol. The largest absolute Gasteiger partial charge is 0.495 e. The number of nitrogens with one attached hydrogen (secondary N) is 1. The second-order valence-electron chi connectivity index (χ2n) is 3.75. The van der Waals surface area contributed by atoms with Crippen LogP contribution in [0.25, 0.3) is 0 Å². The molecule has 0 fully saturated rings. The van der Waals surface area contributed by atoms with Crippen LogP contribution in [0.5, 0.6) is 5.75 Å². The van der Waals surface area contributed by atoms with Gasteiger partial charge in [-0.3, -0.25) is 0 Å². The van der Waals surface area contributed by atoms with Crippen LogP contribution in [-0.4, -0.2) is 34.1 Å².